The summed E-state index contributed by atoms with van der Waals surface area (Å²) in [5.41, 5.74) is 3.40. The van der Waals surface area contributed by atoms with Crippen molar-refractivity contribution in [1.82, 2.24) is 9.62 Å². The van der Waals surface area contributed by atoms with Crippen LogP contribution in [0.3, 0.4) is 0 Å². The number of carbonyl (C=O) groups excluding carboxylic acids is 2. The average molecular weight is 478 g/mol. The number of fused-ring (bicyclic) bond motifs is 1. The molecule has 8 heteroatoms. The van der Waals surface area contributed by atoms with E-state index in [1.54, 1.807) is 12.1 Å². The van der Waals surface area contributed by atoms with Gasteiger partial charge in [0.05, 0.1) is 10.9 Å². The van der Waals surface area contributed by atoms with E-state index >= 15 is 0 Å². The number of hydrogen-bond donors (Lipinski definition) is 2. The Labute approximate surface area is 199 Å². The predicted molar refractivity (Wildman–Crippen MR) is 130 cm³/mol. The summed E-state index contributed by atoms with van der Waals surface area (Å²) in [5.74, 6) is -0.448. The van der Waals surface area contributed by atoms with Gasteiger partial charge in [-0.1, -0.05) is 54.6 Å². The Morgan fingerprint density at radius 3 is 2.32 bits per heavy atom. The van der Waals surface area contributed by atoms with Crippen LogP contribution in [0.15, 0.2) is 83.8 Å². The minimum absolute atomic E-state index is 0.0209. The van der Waals surface area contributed by atoms with Crippen molar-refractivity contribution < 1.29 is 18.0 Å². The van der Waals surface area contributed by atoms with E-state index in [0.29, 0.717) is 18.7 Å². The van der Waals surface area contributed by atoms with Crippen LogP contribution >= 0.6 is 0 Å². The third kappa shape index (κ3) is 5.35. The van der Waals surface area contributed by atoms with Gasteiger partial charge in [-0.3, -0.25) is 9.59 Å². The fourth-order valence-corrected chi connectivity index (χ4v) is 5.83. The number of amides is 2. The molecule has 0 unspecified atom stereocenters. The van der Waals surface area contributed by atoms with E-state index in [1.807, 2.05) is 54.6 Å². The smallest absolute Gasteiger partial charge is 0.243 e. The van der Waals surface area contributed by atoms with Crippen LogP contribution in [0.5, 0.6) is 0 Å². The molecular weight excluding hydrogens is 450 g/mol. The molecule has 0 spiro atoms. The van der Waals surface area contributed by atoms with Gasteiger partial charge in [-0.2, -0.15) is 4.31 Å². The predicted octanol–water partition coefficient (Wildman–Crippen LogP) is 3.64. The number of sulfonamides is 1. The monoisotopic (exact) mass is 477 g/mol. The van der Waals surface area contributed by atoms with Crippen LogP contribution in [0.2, 0.25) is 0 Å². The molecule has 0 saturated carbocycles. The third-order valence-corrected chi connectivity index (χ3v) is 7.78. The van der Waals surface area contributed by atoms with E-state index in [0.717, 1.165) is 16.7 Å². The van der Waals surface area contributed by atoms with Crippen LogP contribution in [-0.2, 0) is 32.6 Å². The van der Waals surface area contributed by atoms with Crippen molar-refractivity contribution in [2.45, 2.75) is 37.2 Å². The molecule has 1 heterocycles. The largest absolute Gasteiger partial charge is 0.352 e. The molecule has 2 amide bonds. The summed E-state index contributed by atoms with van der Waals surface area (Å²) >= 11 is 0. The number of nitrogens with one attached hydrogen (secondary N) is 2. The first-order valence-electron chi connectivity index (χ1n) is 11.1. The molecule has 0 radical (unpaired) electrons. The normalized spacial score (nSPS) is 15.9. The van der Waals surface area contributed by atoms with Crippen molar-refractivity contribution >= 4 is 27.5 Å². The molecule has 1 atom stereocenters. The third-order valence-electron chi connectivity index (χ3n) is 5.86. The zero-order chi connectivity index (χ0) is 24.1. The minimum Gasteiger partial charge on any atom is -0.352 e. The van der Waals surface area contributed by atoms with Gasteiger partial charge in [-0.25, -0.2) is 8.42 Å². The lowest BCUT2D eigenvalue weighted by Crippen LogP contribution is -2.42. The number of rotatable bonds is 7. The summed E-state index contributed by atoms with van der Waals surface area (Å²) in [5, 5.41) is 5.55. The van der Waals surface area contributed by atoms with Gasteiger partial charge in [0.15, 0.2) is 0 Å². The molecule has 2 N–H and O–H groups in total. The molecule has 1 aliphatic rings. The first-order valence-corrected chi connectivity index (χ1v) is 12.6. The van der Waals surface area contributed by atoms with Crippen LogP contribution in [-0.4, -0.2) is 31.1 Å². The van der Waals surface area contributed by atoms with Crippen LogP contribution in [0.4, 0.5) is 5.69 Å². The van der Waals surface area contributed by atoms with Crippen molar-refractivity contribution in [3.05, 3.63) is 95.6 Å². The first-order chi connectivity index (χ1) is 16.3. The highest BCUT2D eigenvalue weighted by atomic mass is 32.2. The second-order valence-corrected chi connectivity index (χ2v) is 10.1. The molecule has 0 bridgehead atoms. The Balaban J connectivity index is 1.58. The maximum Gasteiger partial charge on any atom is 0.243 e. The van der Waals surface area contributed by atoms with Crippen molar-refractivity contribution in [2.75, 3.05) is 11.9 Å². The topological polar surface area (TPSA) is 95.6 Å². The van der Waals surface area contributed by atoms with Gasteiger partial charge in [0.2, 0.25) is 21.8 Å². The standard InChI is InChI=1S/C26H27N3O4S/c1-19(30)28-22-11-13-23(14-12-22)34(32,33)29-16-15-21-9-5-6-10-24(21)25(29)17-26(31)27-18-20-7-3-2-4-8-20/h2-14,25H,15-18H2,1H3,(H,27,31)(H,28,30)/t25-/m0/s1. The van der Waals surface area contributed by atoms with Crippen molar-refractivity contribution in [3.63, 3.8) is 0 Å². The fourth-order valence-electron chi connectivity index (χ4n) is 4.22. The zero-order valence-electron chi connectivity index (χ0n) is 18.9. The van der Waals surface area contributed by atoms with Crippen LogP contribution < -0.4 is 10.6 Å². The van der Waals surface area contributed by atoms with E-state index < -0.39 is 16.1 Å². The molecule has 0 fully saturated rings. The first kappa shape index (κ1) is 23.7. The van der Waals surface area contributed by atoms with Gasteiger partial charge in [0.25, 0.3) is 0 Å². The number of benzene rings is 3. The maximum atomic E-state index is 13.6. The molecule has 0 aromatic heterocycles. The highest BCUT2D eigenvalue weighted by Crippen LogP contribution is 2.36. The average Bonchev–Trinajstić information content (AvgIpc) is 2.83. The quantitative estimate of drug-likeness (QED) is 0.543. The minimum atomic E-state index is -3.87. The van der Waals surface area contributed by atoms with Gasteiger partial charge in [0.1, 0.15) is 0 Å². The number of anilines is 1. The molecule has 1 aliphatic heterocycles. The fraction of sp³-hybridized carbons (Fsp3) is 0.231. The van der Waals surface area contributed by atoms with E-state index in [4.69, 9.17) is 0 Å². The molecular formula is C26H27N3O4S. The molecule has 7 nitrogen and oxygen atoms in total. The molecule has 0 aliphatic carbocycles. The van der Waals surface area contributed by atoms with Gasteiger partial charge >= 0.3 is 0 Å². The molecule has 3 aromatic carbocycles. The highest BCUT2D eigenvalue weighted by Gasteiger charge is 2.37. The Bertz CT molecular complexity index is 1270. The van der Waals surface area contributed by atoms with Crippen molar-refractivity contribution in [3.8, 4) is 0 Å². The van der Waals surface area contributed by atoms with Crippen LogP contribution in [0.25, 0.3) is 0 Å². The van der Waals surface area contributed by atoms with E-state index in [-0.39, 0.29) is 29.7 Å². The second kappa shape index (κ2) is 10.2. The van der Waals surface area contributed by atoms with Crippen molar-refractivity contribution in [1.29, 1.82) is 0 Å². The molecule has 4 rings (SSSR count). The second-order valence-electron chi connectivity index (χ2n) is 8.25. The summed E-state index contributed by atoms with van der Waals surface area (Å²) < 4.78 is 28.6. The molecule has 0 saturated heterocycles. The van der Waals surface area contributed by atoms with Crippen LogP contribution in [0, 0.1) is 0 Å². The zero-order valence-corrected chi connectivity index (χ0v) is 19.7. The van der Waals surface area contributed by atoms with Crippen LogP contribution in [0.1, 0.15) is 36.1 Å². The number of nitrogens with zero attached hydrogens (tertiary/aromatic N) is 1. The Kier molecular flexibility index (Phi) is 7.09. The van der Waals surface area contributed by atoms with E-state index in [1.165, 1.54) is 23.4 Å². The van der Waals surface area contributed by atoms with Crippen molar-refractivity contribution in [2.24, 2.45) is 0 Å². The Morgan fingerprint density at radius 1 is 0.941 bits per heavy atom. The maximum absolute atomic E-state index is 13.6. The summed E-state index contributed by atoms with van der Waals surface area (Å²) in [6.45, 7) is 2.05. The van der Waals surface area contributed by atoms with Gasteiger partial charge in [0, 0.05) is 32.1 Å². The molecule has 176 valence electrons. The lowest BCUT2D eigenvalue weighted by atomic mass is 9.92. The van der Waals surface area contributed by atoms with Gasteiger partial charge in [-0.05, 0) is 47.4 Å². The van der Waals surface area contributed by atoms with E-state index in [9.17, 15) is 18.0 Å². The summed E-state index contributed by atoms with van der Waals surface area (Å²) in [6.07, 6.45) is 0.592. The van der Waals surface area contributed by atoms with Gasteiger partial charge < -0.3 is 10.6 Å². The number of hydrogen-bond acceptors (Lipinski definition) is 4. The lowest BCUT2D eigenvalue weighted by Gasteiger charge is -2.36. The van der Waals surface area contributed by atoms with E-state index in [2.05, 4.69) is 10.6 Å². The summed E-state index contributed by atoms with van der Waals surface area (Å²) in [4.78, 5) is 24.3. The highest BCUT2D eigenvalue weighted by molar-refractivity contribution is 7.89. The summed E-state index contributed by atoms with van der Waals surface area (Å²) in [6, 6.07) is 22.7. The lowest BCUT2D eigenvalue weighted by molar-refractivity contribution is -0.122. The summed E-state index contributed by atoms with van der Waals surface area (Å²) in [7, 11) is -3.87. The molecule has 3 aromatic rings. The van der Waals surface area contributed by atoms with Gasteiger partial charge in [-0.15, -0.1) is 0 Å². The molecule has 34 heavy (non-hydrogen) atoms. The Hall–Kier alpha value is -3.49. The SMILES string of the molecule is CC(=O)Nc1ccc(S(=O)(=O)N2CCc3ccccc3[C@@H]2CC(=O)NCc2ccccc2)cc1. The number of carbonyl (C=O) groups is 2. The Morgan fingerprint density at radius 2 is 1.62 bits per heavy atom.